The second kappa shape index (κ2) is 6.07. The molecule has 0 amide bonds. The first-order valence-corrected chi connectivity index (χ1v) is 7.91. The molecule has 0 bridgehead atoms. The van der Waals surface area contributed by atoms with Crippen LogP contribution in [0.2, 0.25) is 0 Å². The summed E-state index contributed by atoms with van der Waals surface area (Å²) in [4.78, 5) is 17.4. The first-order chi connectivity index (χ1) is 10.2. The first-order valence-electron chi connectivity index (χ1n) is 6.26. The number of allylic oxidation sites excluding steroid dienone is 1. The monoisotopic (exact) mass is 313 g/mol. The highest BCUT2D eigenvalue weighted by Gasteiger charge is 2.14. The molecule has 104 valence electrons. The molecule has 0 aliphatic rings. The summed E-state index contributed by atoms with van der Waals surface area (Å²) in [6.45, 7) is 1.86. The zero-order valence-corrected chi connectivity index (χ0v) is 12.8. The molecule has 0 unspecified atom stereocenters. The molecule has 0 radical (unpaired) electrons. The molecule has 0 aliphatic heterocycles. The van der Waals surface area contributed by atoms with E-state index in [2.05, 4.69) is 14.6 Å². The first kappa shape index (κ1) is 13.8. The third-order valence-corrected chi connectivity index (χ3v) is 4.57. The molecule has 0 fully saturated rings. The number of aromatic nitrogens is 3. The van der Waals surface area contributed by atoms with Gasteiger partial charge in [0.05, 0.1) is 16.3 Å². The summed E-state index contributed by atoms with van der Waals surface area (Å²) in [5.41, 5.74) is 2.47. The largest absolute Gasteiger partial charge is 0.288 e. The van der Waals surface area contributed by atoms with Gasteiger partial charge in [-0.3, -0.25) is 4.79 Å². The molecule has 21 heavy (non-hydrogen) atoms. The molecule has 0 spiro atoms. The summed E-state index contributed by atoms with van der Waals surface area (Å²) in [7, 11) is 0. The van der Waals surface area contributed by atoms with Crippen molar-refractivity contribution in [1.29, 1.82) is 0 Å². The third-order valence-electron chi connectivity index (χ3n) is 2.82. The highest BCUT2D eigenvalue weighted by Crippen LogP contribution is 2.28. The summed E-state index contributed by atoms with van der Waals surface area (Å²) < 4.78 is 3.75. The van der Waals surface area contributed by atoms with E-state index >= 15 is 0 Å². The molecule has 1 aromatic carbocycles. The van der Waals surface area contributed by atoms with Crippen molar-refractivity contribution in [2.24, 2.45) is 0 Å². The van der Waals surface area contributed by atoms with Crippen molar-refractivity contribution in [2.75, 3.05) is 0 Å². The molecule has 0 saturated carbocycles. The average Bonchev–Trinajstić information content (AvgIpc) is 3.15. The standard InChI is InChI=1S/C15H11N3OS2/c1-10-14(13(19)8-7-12-9-20-18-17-12)21-15(16-10)11-5-3-2-4-6-11/h2-9H,1H3. The number of carbonyl (C=O) groups is 1. The molecular weight excluding hydrogens is 302 g/mol. The summed E-state index contributed by atoms with van der Waals surface area (Å²) >= 11 is 2.67. The molecule has 2 heterocycles. The fourth-order valence-electron chi connectivity index (χ4n) is 1.81. The molecular formula is C15H11N3OS2. The van der Waals surface area contributed by atoms with Crippen molar-refractivity contribution in [3.05, 3.63) is 58.1 Å². The van der Waals surface area contributed by atoms with Crippen LogP contribution in [0, 0.1) is 6.92 Å². The molecule has 0 saturated heterocycles. The molecule has 0 aliphatic carbocycles. The Labute approximate surface area is 130 Å². The van der Waals surface area contributed by atoms with Gasteiger partial charge in [0.1, 0.15) is 5.01 Å². The Kier molecular flexibility index (Phi) is 3.98. The minimum absolute atomic E-state index is 0.0554. The van der Waals surface area contributed by atoms with E-state index in [0.29, 0.717) is 10.6 Å². The number of rotatable bonds is 4. The van der Waals surface area contributed by atoms with Gasteiger partial charge in [-0.2, -0.15) is 0 Å². The Morgan fingerprint density at radius 2 is 2.05 bits per heavy atom. The van der Waals surface area contributed by atoms with Crippen LogP contribution in [-0.4, -0.2) is 20.4 Å². The maximum atomic E-state index is 12.2. The van der Waals surface area contributed by atoms with Crippen molar-refractivity contribution >= 4 is 34.7 Å². The second-order valence-electron chi connectivity index (χ2n) is 4.33. The fourth-order valence-corrected chi connectivity index (χ4v) is 3.22. The van der Waals surface area contributed by atoms with Gasteiger partial charge in [-0.1, -0.05) is 34.8 Å². The van der Waals surface area contributed by atoms with Gasteiger partial charge in [-0.05, 0) is 30.6 Å². The predicted octanol–water partition coefficient (Wildman–Crippen LogP) is 3.87. The lowest BCUT2D eigenvalue weighted by molar-refractivity contribution is 0.105. The minimum atomic E-state index is -0.0554. The molecule has 4 nitrogen and oxygen atoms in total. The van der Waals surface area contributed by atoms with Gasteiger partial charge in [-0.15, -0.1) is 16.4 Å². The lowest BCUT2D eigenvalue weighted by atomic mass is 10.2. The number of thiazole rings is 1. The van der Waals surface area contributed by atoms with Crippen LogP contribution in [0.25, 0.3) is 16.6 Å². The Bertz CT molecular complexity index is 777. The minimum Gasteiger partial charge on any atom is -0.288 e. The zero-order valence-electron chi connectivity index (χ0n) is 11.2. The van der Waals surface area contributed by atoms with Crippen molar-refractivity contribution in [3.8, 4) is 10.6 Å². The van der Waals surface area contributed by atoms with E-state index < -0.39 is 0 Å². The summed E-state index contributed by atoms with van der Waals surface area (Å²) in [5.74, 6) is -0.0554. The number of carbonyl (C=O) groups excluding carboxylic acids is 1. The van der Waals surface area contributed by atoms with Crippen molar-refractivity contribution in [3.63, 3.8) is 0 Å². The molecule has 6 heteroatoms. The van der Waals surface area contributed by atoms with E-state index in [4.69, 9.17) is 0 Å². The topological polar surface area (TPSA) is 55.7 Å². The molecule has 0 atom stereocenters. The lowest BCUT2D eigenvalue weighted by Gasteiger charge is -1.92. The normalized spacial score (nSPS) is 11.1. The number of hydrogen-bond donors (Lipinski definition) is 0. The zero-order chi connectivity index (χ0) is 14.7. The van der Waals surface area contributed by atoms with Gasteiger partial charge in [0.2, 0.25) is 0 Å². The van der Waals surface area contributed by atoms with Crippen molar-refractivity contribution in [2.45, 2.75) is 6.92 Å². The lowest BCUT2D eigenvalue weighted by Crippen LogP contribution is -1.93. The fraction of sp³-hybridized carbons (Fsp3) is 0.0667. The number of nitrogens with zero attached hydrogens (tertiary/aromatic N) is 3. The van der Waals surface area contributed by atoms with Gasteiger partial charge in [0.25, 0.3) is 0 Å². The summed E-state index contributed by atoms with van der Waals surface area (Å²) in [6, 6.07) is 9.86. The average molecular weight is 313 g/mol. The van der Waals surface area contributed by atoms with E-state index in [0.717, 1.165) is 16.3 Å². The summed E-state index contributed by atoms with van der Waals surface area (Å²) in [6.07, 6.45) is 3.19. The van der Waals surface area contributed by atoms with E-state index in [-0.39, 0.29) is 5.78 Å². The van der Waals surface area contributed by atoms with E-state index in [9.17, 15) is 4.79 Å². The van der Waals surface area contributed by atoms with Crippen LogP contribution in [0.5, 0.6) is 0 Å². The Morgan fingerprint density at radius 1 is 1.24 bits per heavy atom. The van der Waals surface area contributed by atoms with E-state index in [1.54, 1.807) is 11.5 Å². The Balaban J connectivity index is 1.86. The molecule has 3 aromatic rings. The van der Waals surface area contributed by atoms with Crippen molar-refractivity contribution in [1.82, 2.24) is 14.6 Å². The van der Waals surface area contributed by atoms with Gasteiger partial charge in [0.15, 0.2) is 5.78 Å². The van der Waals surface area contributed by atoms with Crippen LogP contribution in [0.1, 0.15) is 21.1 Å². The van der Waals surface area contributed by atoms with Crippen molar-refractivity contribution < 1.29 is 4.79 Å². The van der Waals surface area contributed by atoms with E-state index in [1.165, 1.54) is 28.9 Å². The number of hydrogen-bond acceptors (Lipinski definition) is 6. The van der Waals surface area contributed by atoms with Crippen LogP contribution >= 0.6 is 22.9 Å². The second-order valence-corrected chi connectivity index (χ2v) is 5.94. The van der Waals surface area contributed by atoms with Crippen LogP contribution in [0.4, 0.5) is 0 Å². The van der Waals surface area contributed by atoms with Crippen LogP contribution in [0.3, 0.4) is 0 Å². The molecule has 3 rings (SSSR count). The predicted molar refractivity (Wildman–Crippen MR) is 85.6 cm³/mol. The SMILES string of the molecule is Cc1nc(-c2ccccc2)sc1C(=O)C=Cc1csnn1. The van der Waals surface area contributed by atoms with Gasteiger partial charge in [-0.25, -0.2) is 4.98 Å². The van der Waals surface area contributed by atoms with Crippen LogP contribution in [0.15, 0.2) is 41.8 Å². The Hall–Kier alpha value is -2.18. The highest BCUT2D eigenvalue weighted by molar-refractivity contribution is 7.17. The smallest absolute Gasteiger partial charge is 0.197 e. The van der Waals surface area contributed by atoms with E-state index in [1.807, 2.05) is 37.3 Å². The van der Waals surface area contributed by atoms with Crippen LogP contribution < -0.4 is 0 Å². The Morgan fingerprint density at radius 3 is 2.76 bits per heavy atom. The summed E-state index contributed by atoms with van der Waals surface area (Å²) in [5, 5.41) is 6.53. The molecule has 0 N–H and O–H groups in total. The maximum absolute atomic E-state index is 12.2. The number of ketones is 1. The third kappa shape index (κ3) is 3.12. The number of benzene rings is 1. The molecule has 2 aromatic heterocycles. The number of aryl methyl sites for hydroxylation is 1. The van der Waals surface area contributed by atoms with Gasteiger partial charge < -0.3 is 0 Å². The van der Waals surface area contributed by atoms with Crippen LogP contribution in [-0.2, 0) is 0 Å². The quantitative estimate of drug-likeness (QED) is 0.542. The maximum Gasteiger partial charge on any atom is 0.197 e. The van der Waals surface area contributed by atoms with Gasteiger partial charge in [0, 0.05) is 10.9 Å². The van der Waals surface area contributed by atoms with Gasteiger partial charge >= 0.3 is 0 Å². The highest BCUT2D eigenvalue weighted by atomic mass is 32.1.